The molecule has 6 heteroatoms. The van der Waals surface area contributed by atoms with Gasteiger partial charge in [0.05, 0.1) is 5.69 Å². The highest BCUT2D eigenvalue weighted by Crippen LogP contribution is 2.33. The lowest BCUT2D eigenvalue weighted by Crippen LogP contribution is -1.92. The van der Waals surface area contributed by atoms with Gasteiger partial charge >= 0.3 is 0 Å². The monoisotopic (exact) mass is 272 g/mol. The van der Waals surface area contributed by atoms with Gasteiger partial charge in [-0.05, 0) is 12.1 Å². The lowest BCUT2D eigenvalue weighted by atomic mass is 10.3. The Kier molecular flexibility index (Phi) is 3.36. The Hall–Kier alpha value is -1.52. The summed E-state index contributed by atoms with van der Waals surface area (Å²) >= 11 is 11.6. The van der Waals surface area contributed by atoms with Gasteiger partial charge in [0, 0.05) is 18.3 Å². The second-order valence-electron chi connectivity index (χ2n) is 3.20. The van der Waals surface area contributed by atoms with Crippen LogP contribution in [0.5, 0.6) is 11.5 Å². The molecule has 2 N–H and O–H groups in total. The molecule has 0 unspecified atom stereocenters. The SMILES string of the molecule is Nc1ccc(Oc2ccnc(Cl)c2Cl)cc1F. The number of nitrogen functional groups attached to an aromatic ring is 1. The molecule has 2 rings (SSSR count). The molecule has 1 heterocycles. The molecule has 0 aliphatic rings. The summed E-state index contributed by atoms with van der Waals surface area (Å²) in [5.41, 5.74) is 5.40. The van der Waals surface area contributed by atoms with Crippen LogP contribution in [0.25, 0.3) is 0 Å². The van der Waals surface area contributed by atoms with Gasteiger partial charge in [-0.1, -0.05) is 23.2 Å². The Morgan fingerprint density at radius 3 is 2.71 bits per heavy atom. The van der Waals surface area contributed by atoms with Crippen LogP contribution in [0, 0.1) is 5.82 Å². The van der Waals surface area contributed by atoms with Crippen molar-refractivity contribution in [1.29, 1.82) is 0 Å². The number of anilines is 1. The zero-order valence-corrected chi connectivity index (χ0v) is 9.97. The van der Waals surface area contributed by atoms with E-state index in [9.17, 15) is 4.39 Å². The molecule has 0 saturated carbocycles. The summed E-state index contributed by atoms with van der Waals surface area (Å²) in [6, 6.07) is 5.63. The number of nitrogens with two attached hydrogens (primary N) is 1. The summed E-state index contributed by atoms with van der Waals surface area (Å²) in [6.45, 7) is 0. The molecule has 1 aromatic heterocycles. The van der Waals surface area contributed by atoms with Crippen LogP contribution in [-0.2, 0) is 0 Å². The van der Waals surface area contributed by atoms with E-state index in [4.69, 9.17) is 33.7 Å². The Balaban J connectivity index is 2.31. The van der Waals surface area contributed by atoms with Gasteiger partial charge in [-0.2, -0.15) is 0 Å². The van der Waals surface area contributed by atoms with Crippen molar-refractivity contribution in [2.24, 2.45) is 0 Å². The van der Waals surface area contributed by atoms with E-state index in [-0.39, 0.29) is 21.6 Å². The van der Waals surface area contributed by atoms with Crippen molar-refractivity contribution in [3.8, 4) is 11.5 Å². The average Bonchev–Trinajstić information content (AvgIpc) is 2.30. The van der Waals surface area contributed by atoms with E-state index < -0.39 is 5.82 Å². The summed E-state index contributed by atoms with van der Waals surface area (Å²) in [5, 5.41) is 0.298. The van der Waals surface area contributed by atoms with Crippen LogP contribution < -0.4 is 10.5 Å². The minimum Gasteiger partial charge on any atom is -0.456 e. The number of hydrogen-bond donors (Lipinski definition) is 1. The zero-order chi connectivity index (χ0) is 12.4. The molecule has 3 nitrogen and oxygen atoms in total. The summed E-state index contributed by atoms with van der Waals surface area (Å²) in [7, 11) is 0. The molecule has 0 radical (unpaired) electrons. The number of benzene rings is 1. The molecule has 0 atom stereocenters. The first kappa shape index (κ1) is 12.0. The number of rotatable bonds is 2. The molecule has 0 bridgehead atoms. The minimum atomic E-state index is -0.557. The standard InChI is InChI=1S/C11H7Cl2FN2O/c12-10-9(3-4-16-11(10)13)17-6-1-2-8(15)7(14)5-6/h1-5H,15H2. The third-order valence-corrected chi connectivity index (χ3v) is 2.76. The Bertz CT molecular complexity index is 563. The summed E-state index contributed by atoms with van der Waals surface area (Å²) < 4.78 is 18.6. The second kappa shape index (κ2) is 4.77. The van der Waals surface area contributed by atoms with Crippen molar-refractivity contribution in [3.63, 3.8) is 0 Å². The van der Waals surface area contributed by atoms with Crippen LogP contribution >= 0.6 is 23.2 Å². The lowest BCUT2D eigenvalue weighted by molar-refractivity contribution is 0.477. The second-order valence-corrected chi connectivity index (χ2v) is 3.94. The maximum absolute atomic E-state index is 13.2. The normalized spacial score (nSPS) is 10.3. The molecular formula is C11H7Cl2FN2O. The van der Waals surface area contributed by atoms with Gasteiger partial charge < -0.3 is 10.5 Å². The van der Waals surface area contributed by atoms with Gasteiger partial charge in [-0.3, -0.25) is 0 Å². The van der Waals surface area contributed by atoms with Crippen LogP contribution in [0.4, 0.5) is 10.1 Å². The molecule has 0 spiro atoms. The predicted octanol–water partition coefficient (Wildman–Crippen LogP) is 3.90. The van der Waals surface area contributed by atoms with E-state index in [1.54, 1.807) is 0 Å². The highest BCUT2D eigenvalue weighted by atomic mass is 35.5. The Morgan fingerprint density at radius 2 is 2.00 bits per heavy atom. The first-order valence-corrected chi connectivity index (χ1v) is 5.36. The fraction of sp³-hybridized carbons (Fsp3) is 0. The lowest BCUT2D eigenvalue weighted by Gasteiger charge is -2.08. The van der Waals surface area contributed by atoms with Gasteiger partial charge in [0.25, 0.3) is 0 Å². The molecule has 0 amide bonds. The fourth-order valence-electron chi connectivity index (χ4n) is 1.18. The maximum atomic E-state index is 13.2. The van der Waals surface area contributed by atoms with Crippen molar-refractivity contribution < 1.29 is 9.13 Å². The van der Waals surface area contributed by atoms with Gasteiger partial charge in [0.2, 0.25) is 0 Å². The van der Waals surface area contributed by atoms with E-state index in [1.165, 1.54) is 30.5 Å². The average molecular weight is 273 g/mol. The van der Waals surface area contributed by atoms with Gasteiger partial charge in [0.15, 0.2) is 10.9 Å². The summed E-state index contributed by atoms with van der Waals surface area (Å²) in [6.07, 6.45) is 1.44. The summed E-state index contributed by atoms with van der Waals surface area (Å²) in [4.78, 5) is 3.77. The third-order valence-electron chi connectivity index (χ3n) is 2.01. The van der Waals surface area contributed by atoms with Gasteiger partial charge in [-0.25, -0.2) is 9.37 Å². The van der Waals surface area contributed by atoms with Gasteiger partial charge in [0.1, 0.15) is 16.6 Å². The van der Waals surface area contributed by atoms with E-state index >= 15 is 0 Å². The van der Waals surface area contributed by atoms with Crippen molar-refractivity contribution in [2.75, 3.05) is 5.73 Å². The molecule has 0 aliphatic carbocycles. The van der Waals surface area contributed by atoms with Crippen molar-refractivity contribution in [3.05, 3.63) is 46.5 Å². The number of halogens is 3. The van der Waals surface area contributed by atoms with Crippen LogP contribution in [0.15, 0.2) is 30.5 Å². The molecule has 0 saturated heterocycles. The Labute approximate surface area is 107 Å². The number of aromatic nitrogens is 1. The molecule has 17 heavy (non-hydrogen) atoms. The van der Waals surface area contributed by atoms with Crippen LogP contribution in [0.1, 0.15) is 0 Å². The first-order chi connectivity index (χ1) is 8.08. The van der Waals surface area contributed by atoms with E-state index in [1.807, 2.05) is 0 Å². The van der Waals surface area contributed by atoms with Crippen LogP contribution in [0.3, 0.4) is 0 Å². The molecule has 0 aliphatic heterocycles. The van der Waals surface area contributed by atoms with Gasteiger partial charge in [-0.15, -0.1) is 0 Å². The fourth-order valence-corrected chi connectivity index (χ4v) is 1.48. The van der Waals surface area contributed by atoms with Crippen molar-refractivity contribution in [1.82, 2.24) is 4.98 Å². The number of pyridine rings is 1. The number of ether oxygens (including phenoxy) is 1. The van der Waals surface area contributed by atoms with Crippen molar-refractivity contribution >= 4 is 28.9 Å². The van der Waals surface area contributed by atoms with Crippen molar-refractivity contribution in [2.45, 2.75) is 0 Å². The summed E-state index contributed by atoms with van der Waals surface area (Å²) in [5.74, 6) is 0.0236. The smallest absolute Gasteiger partial charge is 0.151 e. The minimum absolute atomic E-state index is 0.0520. The first-order valence-electron chi connectivity index (χ1n) is 4.61. The van der Waals surface area contributed by atoms with E-state index in [2.05, 4.69) is 4.98 Å². The quantitative estimate of drug-likeness (QED) is 0.666. The largest absolute Gasteiger partial charge is 0.456 e. The molecule has 1 aromatic carbocycles. The highest BCUT2D eigenvalue weighted by molar-refractivity contribution is 6.42. The zero-order valence-electron chi connectivity index (χ0n) is 8.45. The molecule has 88 valence electrons. The highest BCUT2D eigenvalue weighted by Gasteiger charge is 2.08. The maximum Gasteiger partial charge on any atom is 0.151 e. The number of nitrogens with zero attached hydrogens (tertiary/aromatic N) is 1. The molecule has 0 fully saturated rings. The number of hydrogen-bond acceptors (Lipinski definition) is 3. The van der Waals surface area contributed by atoms with E-state index in [0.717, 1.165) is 0 Å². The van der Waals surface area contributed by atoms with Crippen LogP contribution in [-0.4, -0.2) is 4.98 Å². The molecule has 2 aromatic rings. The van der Waals surface area contributed by atoms with E-state index in [0.29, 0.717) is 5.75 Å². The third kappa shape index (κ3) is 2.60. The topological polar surface area (TPSA) is 48.1 Å². The predicted molar refractivity (Wildman–Crippen MR) is 65.1 cm³/mol. The van der Waals surface area contributed by atoms with Crippen LogP contribution in [0.2, 0.25) is 10.2 Å². The molecular weight excluding hydrogens is 266 g/mol. The Morgan fingerprint density at radius 1 is 1.24 bits per heavy atom.